The third-order valence-electron chi connectivity index (χ3n) is 5.05. The number of rotatable bonds is 7. The first-order valence-electron chi connectivity index (χ1n) is 9.74. The number of nitrogens with one attached hydrogen (secondary N) is 2. The highest BCUT2D eigenvalue weighted by atomic mass is 32.1. The van der Waals surface area contributed by atoms with Crippen LogP contribution in [-0.4, -0.2) is 54.5 Å². The van der Waals surface area contributed by atoms with E-state index in [9.17, 15) is 4.79 Å². The minimum absolute atomic E-state index is 0.0727. The zero-order valence-electron chi connectivity index (χ0n) is 16.8. The summed E-state index contributed by atoms with van der Waals surface area (Å²) in [7, 11) is 1.66. The highest BCUT2D eigenvalue weighted by Crippen LogP contribution is 2.19. The van der Waals surface area contributed by atoms with Gasteiger partial charge in [-0.2, -0.15) is 0 Å². The number of aryl methyl sites for hydroxylation is 2. The van der Waals surface area contributed by atoms with E-state index in [-0.39, 0.29) is 11.7 Å². The Labute approximate surface area is 171 Å². The van der Waals surface area contributed by atoms with E-state index in [2.05, 4.69) is 29.4 Å². The number of aromatic amines is 1. The molecule has 0 saturated carbocycles. The zero-order valence-corrected chi connectivity index (χ0v) is 17.7. The minimum atomic E-state index is -0.0727. The van der Waals surface area contributed by atoms with Crippen LogP contribution in [-0.2, 0) is 16.0 Å². The van der Waals surface area contributed by atoms with Crippen molar-refractivity contribution in [3.8, 4) is 0 Å². The number of methoxy groups -OCH3 is 1. The molecule has 1 aliphatic rings. The smallest absolute Gasteiger partial charge is 0.253 e. The van der Waals surface area contributed by atoms with Crippen LogP contribution in [0.2, 0.25) is 0 Å². The summed E-state index contributed by atoms with van der Waals surface area (Å²) in [4.78, 5) is 17.8. The Kier molecular flexibility index (Phi) is 7.04. The van der Waals surface area contributed by atoms with E-state index in [1.807, 2.05) is 17.9 Å². The van der Waals surface area contributed by atoms with Crippen LogP contribution >= 0.6 is 12.2 Å². The van der Waals surface area contributed by atoms with Crippen molar-refractivity contribution in [2.45, 2.75) is 39.3 Å². The van der Waals surface area contributed by atoms with E-state index in [0.717, 1.165) is 35.9 Å². The Bertz CT molecular complexity index is 890. The molecule has 1 aromatic carbocycles. The second-order valence-corrected chi connectivity index (χ2v) is 7.80. The van der Waals surface area contributed by atoms with Gasteiger partial charge in [-0.3, -0.25) is 4.79 Å². The Morgan fingerprint density at radius 3 is 2.93 bits per heavy atom. The fraction of sp³-hybridized carbons (Fsp3) is 0.524. The first kappa shape index (κ1) is 20.8. The van der Waals surface area contributed by atoms with Crippen molar-refractivity contribution < 1.29 is 9.47 Å². The van der Waals surface area contributed by atoms with Crippen LogP contribution in [0.1, 0.15) is 29.5 Å². The van der Waals surface area contributed by atoms with Crippen molar-refractivity contribution in [1.82, 2.24) is 15.2 Å². The lowest BCUT2D eigenvalue weighted by molar-refractivity contribution is 0.0895. The highest BCUT2D eigenvalue weighted by Gasteiger charge is 2.22. The second-order valence-electron chi connectivity index (χ2n) is 7.41. The largest absolute Gasteiger partial charge is 0.383 e. The lowest BCUT2D eigenvalue weighted by Gasteiger charge is -2.28. The summed E-state index contributed by atoms with van der Waals surface area (Å²) in [6.07, 6.45) is 2.23. The molecule has 0 radical (unpaired) electrons. The second kappa shape index (κ2) is 9.49. The third kappa shape index (κ3) is 5.10. The van der Waals surface area contributed by atoms with Crippen molar-refractivity contribution in [1.29, 1.82) is 0 Å². The van der Waals surface area contributed by atoms with Crippen molar-refractivity contribution in [2.24, 2.45) is 0 Å². The number of pyridine rings is 1. The molecule has 2 N–H and O–H groups in total. The fourth-order valence-electron chi connectivity index (χ4n) is 3.68. The molecule has 0 amide bonds. The van der Waals surface area contributed by atoms with E-state index >= 15 is 0 Å². The van der Waals surface area contributed by atoms with Crippen LogP contribution in [0.15, 0.2) is 23.0 Å². The first-order valence-corrected chi connectivity index (χ1v) is 10.1. The average molecular weight is 404 g/mol. The van der Waals surface area contributed by atoms with Crippen molar-refractivity contribution >= 4 is 28.2 Å². The van der Waals surface area contributed by atoms with Crippen LogP contribution in [0.25, 0.3) is 10.9 Å². The first-order chi connectivity index (χ1) is 13.5. The maximum atomic E-state index is 12.7. The number of nitrogens with zero attached hydrogens (tertiary/aromatic N) is 1. The van der Waals surface area contributed by atoms with E-state index < -0.39 is 0 Å². The molecular formula is C21H29N3O3S. The molecular weight excluding hydrogens is 374 g/mol. The molecule has 1 saturated heterocycles. The Morgan fingerprint density at radius 1 is 1.39 bits per heavy atom. The maximum absolute atomic E-state index is 12.7. The lowest BCUT2D eigenvalue weighted by atomic mass is 10.1. The maximum Gasteiger partial charge on any atom is 0.253 e. The van der Waals surface area contributed by atoms with Gasteiger partial charge in [0.25, 0.3) is 5.56 Å². The third-order valence-corrected chi connectivity index (χ3v) is 5.45. The van der Waals surface area contributed by atoms with Crippen LogP contribution in [0.4, 0.5) is 0 Å². The van der Waals surface area contributed by atoms with Crippen molar-refractivity contribution in [2.75, 3.05) is 33.4 Å². The number of thiocarbonyl (C=S) groups is 1. The predicted octanol–water partition coefficient (Wildman–Crippen LogP) is 2.65. The van der Waals surface area contributed by atoms with E-state index in [4.69, 9.17) is 21.7 Å². The Morgan fingerprint density at radius 2 is 2.21 bits per heavy atom. The molecule has 28 heavy (non-hydrogen) atoms. The molecule has 0 bridgehead atoms. The molecule has 0 spiro atoms. The van der Waals surface area contributed by atoms with E-state index in [1.54, 1.807) is 7.11 Å². The summed E-state index contributed by atoms with van der Waals surface area (Å²) in [5, 5.41) is 4.88. The topological polar surface area (TPSA) is 66.6 Å². The van der Waals surface area contributed by atoms with Crippen LogP contribution in [0, 0.1) is 13.8 Å². The lowest BCUT2D eigenvalue weighted by Crippen LogP contribution is -2.44. The average Bonchev–Trinajstić information content (AvgIpc) is 3.15. The van der Waals surface area contributed by atoms with Gasteiger partial charge in [-0.05, 0) is 62.0 Å². The standard InChI is InChI=1S/C21H29N3O3S/c1-14-9-15(2)19-16(10-14)11-17(20(25)23-19)12-24(13-18-5-4-7-27-18)21(28)22-6-8-26-3/h9-11,18H,4-8,12-13H2,1-3H3,(H,22,28)(H,23,25). The summed E-state index contributed by atoms with van der Waals surface area (Å²) in [6.45, 7) is 7.18. The van der Waals surface area contributed by atoms with Crippen molar-refractivity contribution in [3.63, 3.8) is 0 Å². The van der Waals surface area contributed by atoms with Crippen LogP contribution < -0.4 is 10.9 Å². The molecule has 1 aliphatic heterocycles. The normalized spacial score (nSPS) is 16.5. The molecule has 1 fully saturated rings. The minimum Gasteiger partial charge on any atom is -0.383 e. The SMILES string of the molecule is COCCNC(=S)N(Cc1cc2cc(C)cc(C)c2[nH]c1=O)CC1CCCO1. The highest BCUT2D eigenvalue weighted by molar-refractivity contribution is 7.80. The van der Waals surface area contributed by atoms with Gasteiger partial charge in [-0.25, -0.2) is 0 Å². The van der Waals surface area contributed by atoms with Crippen LogP contribution in [0.5, 0.6) is 0 Å². The molecule has 1 aromatic heterocycles. The summed E-state index contributed by atoms with van der Waals surface area (Å²) in [6, 6.07) is 6.16. The predicted molar refractivity (Wildman–Crippen MR) is 116 cm³/mol. The molecule has 7 heteroatoms. The quantitative estimate of drug-likeness (QED) is 0.547. The number of hydrogen-bond acceptors (Lipinski definition) is 4. The van der Waals surface area contributed by atoms with Gasteiger partial charge >= 0.3 is 0 Å². The molecule has 2 aromatic rings. The molecule has 3 rings (SSSR count). The van der Waals surface area contributed by atoms with Crippen molar-refractivity contribution in [3.05, 3.63) is 45.2 Å². The van der Waals surface area contributed by atoms with Gasteiger partial charge in [0.05, 0.1) is 24.8 Å². The summed E-state index contributed by atoms with van der Waals surface area (Å²) >= 11 is 5.59. The van der Waals surface area contributed by atoms with Gasteiger partial charge in [0, 0.05) is 32.4 Å². The number of benzene rings is 1. The van der Waals surface area contributed by atoms with Gasteiger partial charge in [0.1, 0.15) is 0 Å². The number of fused-ring (bicyclic) bond motifs is 1. The van der Waals surface area contributed by atoms with E-state index in [1.165, 1.54) is 5.56 Å². The van der Waals surface area contributed by atoms with E-state index in [0.29, 0.717) is 36.9 Å². The molecule has 1 atom stereocenters. The number of ether oxygens (including phenoxy) is 2. The van der Waals surface area contributed by atoms with Gasteiger partial charge in [0.2, 0.25) is 0 Å². The summed E-state index contributed by atoms with van der Waals surface area (Å²) in [5.74, 6) is 0. The van der Waals surface area contributed by atoms with Gasteiger partial charge in [-0.15, -0.1) is 0 Å². The van der Waals surface area contributed by atoms with Crippen LogP contribution in [0.3, 0.4) is 0 Å². The monoisotopic (exact) mass is 403 g/mol. The molecule has 2 heterocycles. The zero-order chi connectivity index (χ0) is 20.1. The Balaban J connectivity index is 1.84. The molecule has 1 unspecified atom stereocenters. The summed E-state index contributed by atoms with van der Waals surface area (Å²) < 4.78 is 10.9. The number of H-pyrrole nitrogens is 1. The summed E-state index contributed by atoms with van der Waals surface area (Å²) in [5.41, 5.74) is 3.77. The fourth-order valence-corrected chi connectivity index (χ4v) is 3.92. The Hall–Kier alpha value is -1.96. The number of hydrogen-bond donors (Lipinski definition) is 2. The van der Waals surface area contributed by atoms with Gasteiger partial charge in [0.15, 0.2) is 5.11 Å². The van der Waals surface area contributed by atoms with Gasteiger partial charge < -0.3 is 24.7 Å². The molecule has 6 nitrogen and oxygen atoms in total. The van der Waals surface area contributed by atoms with Gasteiger partial charge in [-0.1, -0.05) is 11.6 Å². The number of aromatic nitrogens is 1. The molecule has 0 aliphatic carbocycles. The molecule has 152 valence electrons.